The molecule has 6 nitrogen and oxygen atoms in total. The lowest BCUT2D eigenvalue weighted by Gasteiger charge is -2.19. The number of nitrogens with two attached hydrogens (primary N) is 1. The molecule has 1 heterocycles. The summed E-state index contributed by atoms with van der Waals surface area (Å²) >= 11 is 0. The summed E-state index contributed by atoms with van der Waals surface area (Å²) < 4.78 is 6.78. The minimum absolute atomic E-state index is 0.426. The van der Waals surface area contributed by atoms with E-state index in [1.807, 2.05) is 32.3 Å². The van der Waals surface area contributed by atoms with Crippen molar-refractivity contribution in [1.82, 2.24) is 10.0 Å². The van der Waals surface area contributed by atoms with E-state index in [0.717, 1.165) is 16.5 Å². The summed E-state index contributed by atoms with van der Waals surface area (Å²) in [5, 5.41) is 9.67. The van der Waals surface area contributed by atoms with Gasteiger partial charge in [0.2, 0.25) is 0 Å². The number of nitrogens with zero attached hydrogens (tertiary/aromatic N) is 1. The van der Waals surface area contributed by atoms with Crippen LogP contribution in [0.5, 0.6) is 0 Å². The van der Waals surface area contributed by atoms with Gasteiger partial charge in [-0.3, -0.25) is 4.57 Å². The first-order chi connectivity index (χ1) is 9.31. The van der Waals surface area contributed by atoms with Crippen molar-refractivity contribution in [2.75, 3.05) is 0 Å². The minimum atomic E-state index is -0.663. The Balaban J connectivity index is 2.36. The zero-order valence-electron chi connectivity index (χ0n) is 11.8. The van der Waals surface area contributed by atoms with E-state index in [1.165, 1.54) is 4.57 Å². The Morgan fingerprint density at radius 2 is 2.10 bits per heavy atom. The van der Waals surface area contributed by atoms with Crippen molar-refractivity contribution in [3.8, 4) is 0 Å². The summed E-state index contributed by atoms with van der Waals surface area (Å²) in [6, 6.07) is 7.12. The first kappa shape index (κ1) is 14.5. The van der Waals surface area contributed by atoms with Crippen LogP contribution in [0.3, 0.4) is 0 Å². The Hall–Kier alpha value is -1.89. The van der Waals surface area contributed by atoms with Crippen molar-refractivity contribution in [1.29, 1.82) is 0 Å². The molecule has 0 saturated heterocycles. The van der Waals surface area contributed by atoms with E-state index in [1.54, 1.807) is 24.4 Å². The summed E-state index contributed by atoms with van der Waals surface area (Å²) in [4.78, 5) is 12.1. The fraction of sp³-hybridized carbons (Fsp3) is 0.357. The monoisotopic (exact) mass is 277 g/mol. The molecule has 0 spiro atoms. The lowest BCUT2D eigenvalue weighted by molar-refractivity contribution is 0.0544. The zero-order chi connectivity index (χ0) is 14.9. The second-order valence-electron chi connectivity index (χ2n) is 5.59. The van der Waals surface area contributed by atoms with E-state index in [9.17, 15) is 4.79 Å². The summed E-state index contributed by atoms with van der Waals surface area (Å²) in [6.45, 7) is 5.46. The van der Waals surface area contributed by atoms with E-state index in [-0.39, 0.29) is 0 Å². The van der Waals surface area contributed by atoms with Gasteiger partial charge in [0.25, 0.3) is 0 Å². The predicted octanol–water partition coefficient (Wildman–Crippen LogP) is 2.36. The van der Waals surface area contributed by atoms with Crippen LogP contribution in [0.2, 0.25) is 0 Å². The summed E-state index contributed by atoms with van der Waals surface area (Å²) in [5.74, 6) is 0. The average molecular weight is 277 g/mol. The smallest absolute Gasteiger partial charge is 0.418 e. The SMILES string of the molecule is CC(C)(C)OC(=O)n1ccc2cc(C(N)NO)ccc21. The first-order valence-corrected chi connectivity index (χ1v) is 6.31. The molecule has 1 unspecified atom stereocenters. The second-order valence-corrected chi connectivity index (χ2v) is 5.59. The predicted molar refractivity (Wildman–Crippen MR) is 75.4 cm³/mol. The molecule has 108 valence electrons. The van der Waals surface area contributed by atoms with Crippen LogP contribution >= 0.6 is 0 Å². The van der Waals surface area contributed by atoms with Crippen LogP contribution in [0.4, 0.5) is 4.79 Å². The lowest BCUT2D eigenvalue weighted by atomic mass is 10.1. The molecular formula is C14H19N3O3. The largest absolute Gasteiger partial charge is 0.443 e. The van der Waals surface area contributed by atoms with Crippen LogP contribution < -0.4 is 11.2 Å². The number of hydroxylamine groups is 1. The number of ether oxygens (including phenoxy) is 1. The maximum Gasteiger partial charge on any atom is 0.418 e. The Labute approximate surface area is 117 Å². The molecule has 4 N–H and O–H groups in total. The second kappa shape index (κ2) is 5.24. The van der Waals surface area contributed by atoms with E-state index in [0.29, 0.717) is 0 Å². The molecule has 1 aromatic heterocycles. The van der Waals surface area contributed by atoms with Crippen LogP contribution in [-0.4, -0.2) is 21.5 Å². The Morgan fingerprint density at radius 1 is 1.40 bits per heavy atom. The van der Waals surface area contributed by atoms with Gasteiger partial charge in [0.1, 0.15) is 11.8 Å². The maximum absolute atomic E-state index is 12.1. The van der Waals surface area contributed by atoms with Crippen LogP contribution in [0, 0.1) is 0 Å². The highest BCUT2D eigenvalue weighted by atomic mass is 16.6. The summed E-state index contributed by atoms with van der Waals surface area (Å²) in [6.07, 6.45) is 0.564. The summed E-state index contributed by atoms with van der Waals surface area (Å²) in [5.41, 5.74) is 8.57. The van der Waals surface area contributed by atoms with Crippen LogP contribution in [-0.2, 0) is 4.74 Å². The third-order valence-corrected chi connectivity index (χ3v) is 2.80. The number of carbonyl (C=O) groups is 1. The molecule has 0 fully saturated rings. The molecule has 0 saturated carbocycles. The van der Waals surface area contributed by atoms with Crippen LogP contribution in [0.15, 0.2) is 30.5 Å². The van der Waals surface area contributed by atoms with Gasteiger partial charge in [0, 0.05) is 11.6 Å². The fourth-order valence-electron chi connectivity index (χ4n) is 1.90. The third-order valence-electron chi connectivity index (χ3n) is 2.80. The quantitative estimate of drug-likeness (QED) is 0.579. The molecule has 6 heteroatoms. The van der Waals surface area contributed by atoms with E-state index in [4.69, 9.17) is 15.7 Å². The van der Waals surface area contributed by atoms with Crippen molar-refractivity contribution in [3.05, 3.63) is 36.0 Å². The van der Waals surface area contributed by atoms with Gasteiger partial charge in [-0.1, -0.05) is 6.07 Å². The molecule has 2 rings (SSSR count). The standard InChI is InChI=1S/C14H19N3O3/c1-14(2,3)20-13(18)17-7-6-9-8-10(12(15)16-19)4-5-11(9)17/h4-8,12,16,19H,15H2,1-3H3. The normalized spacial score (nSPS) is 13.4. The number of carbonyl (C=O) groups excluding carboxylic acids is 1. The molecule has 0 bridgehead atoms. The average Bonchev–Trinajstić information content (AvgIpc) is 2.78. The number of rotatable bonds is 2. The Morgan fingerprint density at radius 3 is 2.70 bits per heavy atom. The van der Waals surface area contributed by atoms with Gasteiger partial charge in [-0.05, 0) is 44.5 Å². The molecule has 0 radical (unpaired) electrons. The van der Waals surface area contributed by atoms with Crippen LogP contribution in [0.25, 0.3) is 10.9 Å². The van der Waals surface area contributed by atoms with Gasteiger partial charge in [-0.25, -0.2) is 4.79 Å². The van der Waals surface area contributed by atoms with Crippen LogP contribution in [0.1, 0.15) is 32.5 Å². The Bertz CT molecular complexity index is 628. The van der Waals surface area contributed by atoms with Crippen molar-refractivity contribution in [2.24, 2.45) is 5.73 Å². The number of hydrogen-bond acceptors (Lipinski definition) is 5. The highest BCUT2D eigenvalue weighted by Crippen LogP contribution is 2.21. The van der Waals surface area contributed by atoms with Crippen molar-refractivity contribution < 1.29 is 14.7 Å². The molecule has 0 aliphatic rings. The van der Waals surface area contributed by atoms with E-state index >= 15 is 0 Å². The third kappa shape index (κ3) is 2.98. The van der Waals surface area contributed by atoms with Gasteiger partial charge >= 0.3 is 6.09 Å². The van der Waals surface area contributed by atoms with E-state index < -0.39 is 17.9 Å². The van der Waals surface area contributed by atoms with Gasteiger partial charge in [0.15, 0.2) is 0 Å². The molecule has 0 amide bonds. The highest BCUT2D eigenvalue weighted by molar-refractivity contribution is 5.90. The maximum atomic E-state index is 12.1. The van der Waals surface area contributed by atoms with Crippen molar-refractivity contribution >= 4 is 17.0 Å². The summed E-state index contributed by atoms with van der Waals surface area (Å²) in [7, 11) is 0. The van der Waals surface area contributed by atoms with Gasteiger partial charge in [0.05, 0.1) is 5.52 Å². The van der Waals surface area contributed by atoms with E-state index in [2.05, 4.69) is 0 Å². The number of fused-ring (bicyclic) bond motifs is 1. The number of hydrogen-bond donors (Lipinski definition) is 3. The van der Waals surface area contributed by atoms with Gasteiger partial charge in [-0.2, -0.15) is 5.48 Å². The lowest BCUT2D eigenvalue weighted by Crippen LogP contribution is -2.26. The number of benzene rings is 1. The molecular weight excluding hydrogens is 258 g/mol. The fourth-order valence-corrected chi connectivity index (χ4v) is 1.90. The molecule has 1 aromatic carbocycles. The first-order valence-electron chi connectivity index (χ1n) is 6.31. The molecule has 1 atom stereocenters. The van der Waals surface area contributed by atoms with Gasteiger partial charge in [-0.15, -0.1) is 0 Å². The zero-order valence-corrected chi connectivity index (χ0v) is 11.8. The molecule has 20 heavy (non-hydrogen) atoms. The number of nitrogens with one attached hydrogen (secondary N) is 1. The highest BCUT2D eigenvalue weighted by Gasteiger charge is 2.19. The van der Waals surface area contributed by atoms with Crippen molar-refractivity contribution in [2.45, 2.75) is 32.5 Å². The Kier molecular flexibility index (Phi) is 3.80. The molecule has 0 aliphatic heterocycles. The van der Waals surface area contributed by atoms with Crippen molar-refractivity contribution in [3.63, 3.8) is 0 Å². The topological polar surface area (TPSA) is 89.5 Å². The van der Waals surface area contributed by atoms with Gasteiger partial charge < -0.3 is 15.7 Å². The molecule has 0 aliphatic carbocycles. The minimum Gasteiger partial charge on any atom is -0.443 e. The molecule has 2 aromatic rings. The number of aromatic nitrogens is 1.